The average molecular weight is 448 g/mol. The van der Waals surface area contributed by atoms with Gasteiger partial charge in [0.1, 0.15) is 0 Å². The molecule has 2 aromatic heterocycles. The minimum Gasteiger partial charge on any atom is -0.342 e. The normalized spacial score (nSPS) is 18.6. The highest BCUT2D eigenvalue weighted by Gasteiger charge is 2.29. The fraction of sp³-hybridized carbons (Fsp3) is 0.500. The van der Waals surface area contributed by atoms with Crippen LogP contribution in [0, 0.1) is 0 Å². The molecule has 33 heavy (non-hydrogen) atoms. The smallest absolute Gasteiger partial charge is 0.277 e. The predicted octanol–water partition coefficient (Wildman–Crippen LogP) is 3.30. The third kappa shape index (κ3) is 4.10. The minimum absolute atomic E-state index is 0.0240. The second-order valence-corrected chi connectivity index (χ2v) is 9.79. The molecule has 0 saturated carbocycles. The molecule has 0 spiro atoms. The Morgan fingerprint density at radius 3 is 2.52 bits per heavy atom. The number of carbonyl (C=O) groups excluding carboxylic acids is 1. The number of piperidine rings is 1. The lowest BCUT2D eigenvalue weighted by atomic mass is 9.92. The van der Waals surface area contributed by atoms with Crippen LogP contribution in [0.3, 0.4) is 0 Å². The zero-order chi connectivity index (χ0) is 23.1. The van der Waals surface area contributed by atoms with Gasteiger partial charge in [0.2, 0.25) is 5.91 Å². The SMILES string of the molecule is CC(C(=O)N1CCC(c2cc3nc4c(c(=O)n3[nH]2)CN(C(C)C)CC4)CC1)c1ccccc1. The number of benzene rings is 1. The number of nitrogens with one attached hydrogen (secondary N) is 1. The topological polar surface area (TPSA) is 73.7 Å². The molecule has 0 radical (unpaired) electrons. The third-order valence-electron chi connectivity index (χ3n) is 7.46. The van der Waals surface area contributed by atoms with Gasteiger partial charge in [0.25, 0.3) is 5.56 Å². The number of aromatic nitrogens is 3. The van der Waals surface area contributed by atoms with E-state index in [1.165, 1.54) is 0 Å². The first-order valence-corrected chi connectivity index (χ1v) is 12.1. The first-order valence-electron chi connectivity index (χ1n) is 12.1. The largest absolute Gasteiger partial charge is 0.342 e. The van der Waals surface area contributed by atoms with Crippen LogP contribution in [0.4, 0.5) is 0 Å². The molecule has 1 atom stereocenters. The molecule has 2 aliphatic rings. The molecular formula is C26H33N5O2. The number of fused-ring (bicyclic) bond motifs is 2. The van der Waals surface area contributed by atoms with E-state index in [4.69, 9.17) is 4.98 Å². The van der Waals surface area contributed by atoms with Gasteiger partial charge in [-0.2, -0.15) is 0 Å². The summed E-state index contributed by atoms with van der Waals surface area (Å²) >= 11 is 0. The van der Waals surface area contributed by atoms with E-state index < -0.39 is 0 Å². The number of carbonyl (C=O) groups is 1. The van der Waals surface area contributed by atoms with Crippen molar-refractivity contribution in [3.63, 3.8) is 0 Å². The van der Waals surface area contributed by atoms with E-state index in [2.05, 4.69) is 23.8 Å². The van der Waals surface area contributed by atoms with E-state index in [1.54, 1.807) is 4.52 Å². The van der Waals surface area contributed by atoms with E-state index in [-0.39, 0.29) is 17.4 Å². The van der Waals surface area contributed by atoms with Crippen LogP contribution in [0.15, 0.2) is 41.2 Å². The molecule has 1 amide bonds. The van der Waals surface area contributed by atoms with Gasteiger partial charge < -0.3 is 4.90 Å². The molecule has 1 aromatic carbocycles. The number of H-pyrrole nitrogens is 1. The van der Waals surface area contributed by atoms with E-state index in [1.807, 2.05) is 48.2 Å². The summed E-state index contributed by atoms with van der Waals surface area (Å²) in [5.74, 6) is 0.360. The fourth-order valence-electron chi connectivity index (χ4n) is 5.24. The van der Waals surface area contributed by atoms with Crippen LogP contribution in [0.25, 0.3) is 5.65 Å². The number of rotatable bonds is 4. The van der Waals surface area contributed by atoms with Crippen LogP contribution in [0.2, 0.25) is 0 Å². The maximum atomic E-state index is 13.2. The maximum Gasteiger partial charge on any atom is 0.277 e. The van der Waals surface area contributed by atoms with E-state index in [0.717, 1.165) is 61.4 Å². The Morgan fingerprint density at radius 1 is 1.09 bits per heavy atom. The second kappa shape index (κ2) is 8.78. The summed E-state index contributed by atoms with van der Waals surface area (Å²) in [5, 5.41) is 3.34. The van der Waals surface area contributed by atoms with E-state index in [9.17, 15) is 9.59 Å². The summed E-state index contributed by atoms with van der Waals surface area (Å²) < 4.78 is 1.62. The van der Waals surface area contributed by atoms with Crippen LogP contribution in [0.5, 0.6) is 0 Å². The monoisotopic (exact) mass is 447 g/mol. The lowest BCUT2D eigenvalue weighted by Crippen LogP contribution is -2.40. The number of likely N-dealkylation sites (tertiary alicyclic amines) is 1. The first kappa shape index (κ1) is 21.9. The summed E-state index contributed by atoms with van der Waals surface area (Å²) in [7, 11) is 0. The van der Waals surface area contributed by atoms with Crippen molar-refractivity contribution < 1.29 is 4.79 Å². The predicted molar refractivity (Wildman–Crippen MR) is 128 cm³/mol. The van der Waals surface area contributed by atoms with Crippen LogP contribution >= 0.6 is 0 Å². The van der Waals surface area contributed by atoms with Crippen molar-refractivity contribution in [1.82, 2.24) is 24.4 Å². The van der Waals surface area contributed by atoms with Crippen molar-refractivity contribution in [2.24, 2.45) is 0 Å². The standard InChI is InChI=1S/C26H33N5O2/c1-17(2)30-14-11-22-21(16-30)26(33)31-24(27-22)15-23(28-31)20-9-12-29(13-10-20)25(32)18(3)19-7-5-4-6-8-19/h4-8,15,17-18,20,28H,9-14,16H2,1-3H3. The molecule has 3 aromatic rings. The molecule has 0 bridgehead atoms. The van der Waals surface area contributed by atoms with Gasteiger partial charge in [-0.05, 0) is 39.2 Å². The lowest BCUT2D eigenvalue weighted by molar-refractivity contribution is -0.133. The van der Waals surface area contributed by atoms with Crippen LogP contribution in [-0.4, -0.2) is 56.0 Å². The summed E-state index contributed by atoms with van der Waals surface area (Å²) in [5.41, 5.74) is 4.60. The number of hydrogen-bond acceptors (Lipinski definition) is 4. The number of hydrogen-bond donors (Lipinski definition) is 1. The van der Waals surface area contributed by atoms with E-state index in [0.29, 0.717) is 24.2 Å². The average Bonchev–Trinajstić information content (AvgIpc) is 3.28. The van der Waals surface area contributed by atoms with Gasteiger partial charge in [-0.3, -0.25) is 19.6 Å². The highest BCUT2D eigenvalue weighted by Crippen LogP contribution is 2.29. The summed E-state index contributed by atoms with van der Waals surface area (Å²) in [6.45, 7) is 9.39. The highest BCUT2D eigenvalue weighted by atomic mass is 16.2. The summed E-state index contributed by atoms with van der Waals surface area (Å²) in [6.07, 6.45) is 2.59. The Balaban J connectivity index is 1.31. The molecular weight excluding hydrogens is 414 g/mol. The molecule has 1 saturated heterocycles. The van der Waals surface area contributed by atoms with Crippen molar-refractivity contribution in [3.05, 3.63) is 69.3 Å². The molecule has 0 aliphatic carbocycles. The van der Waals surface area contributed by atoms with Gasteiger partial charge in [0.05, 0.1) is 17.2 Å². The second-order valence-electron chi connectivity index (χ2n) is 9.79. The van der Waals surface area contributed by atoms with Crippen LogP contribution in [-0.2, 0) is 17.8 Å². The Bertz CT molecular complexity index is 1200. The molecule has 4 heterocycles. The summed E-state index contributed by atoms with van der Waals surface area (Å²) in [6, 6.07) is 12.4. The lowest BCUT2D eigenvalue weighted by Gasteiger charge is -2.33. The number of nitrogens with zero attached hydrogens (tertiary/aromatic N) is 4. The fourth-order valence-corrected chi connectivity index (χ4v) is 5.24. The molecule has 1 unspecified atom stereocenters. The van der Waals surface area contributed by atoms with Crippen molar-refractivity contribution in [3.8, 4) is 0 Å². The minimum atomic E-state index is -0.129. The van der Waals surface area contributed by atoms with Crippen molar-refractivity contribution in [2.75, 3.05) is 19.6 Å². The zero-order valence-corrected chi connectivity index (χ0v) is 19.8. The quantitative estimate of drug-likeness (QED) is 0.666. The van der Waals surface area contributed by atoms with Crippen molar-refractivity contribution in [2.45, 2.75) is 64.5 Å². The molecule has 2 aliphatic heterocycles. The Kier molecular flexibility index (Phi) is 5.83. The Labute approximate surface area is 194 Å². The molecule has 1 N–H and O–H groups in total. The third-order valence-corrected chi connectivity index (χ3v) is 7.46. The highest BCUT2D eigenvalue weighted by molar-refractivity contribution is 5.83. The summed E-state index contributed by atoms with van der Waals surface area (Å²) in [4.78, 5) is 35.3. The molecule has 5 rings (SSSR count). The van der Waals surface area contributed by atoms with Crippen LogP contribution < -0.4 is 5.56 Å². The maximum absolute atomic E-state index is 13.2. The van der Waals surface area contributed by atoms with Gasteiger partial charge in [-0.15, -0.1) is 0 Å². The van der Waals surface area contributed by atoms with Gasteiger partial charge >= 0.3 is 0 Å². The zero-order valence-electron chi connectivity index (χ0n) is 19.8. The van der Waals surface area contributed by atoms with Crippen molar-refractivity contribution in [1.29, 1.82) is 0 Å². The van der Waals surface area contributed by atoms with E-state index >= 15 is 0 Å². The number of aromatic amines is 1. The van der Waals surface area contributed by atoms with Gasteiger partial charge in [0.15, 0.2) is 5.65 Å². The first-order chi connectivity index (χ1) is 15.9. The molecule has 174 valence electrons. The van der Waals surface area contributed by atoms with Crippen molar-refractivity contribution >= 4 is 11.6 Å². The molecule has 1 fully saturated rings. The van der Waals surface area contributed by atoms with Gasteiger partial charge in [0, 0.05) is 56.3 Å². The van der Waals surface area contributed by atoms with Crippen LogP contribution in [0.1, 0.15) is 68.0 Å². The molecule has 7 nitrogen and oxygen atoms in total. The Morgan fingerprint density at radius 2 is 1.82 bits per heavy atom. The van der Waals surface area contributed by atoms with Gasteiger partial charge in [-0.25, -0.2) is 9.50 Å². The number of amides is 1. The molecule has 7 heteroatoms. The van der Waals surface area contributed by atoms with Gasteiger partial charge in [-0.1, -0.05) is 30.3 Å². The Hall–Kier alpha value is -2.93.